The van der Waals surface area contributed by atoms with E-state index in [1.165, 1.54) is 0 Å². The van der Waals surface area contributed by atoms with Crippen LogP contribution in [0.3, 0.4) is 0 Å². The Morgan fingerprint density at radius 2 is 1.91 bits per heavy atom. The number of hydrogen-bond acceptors (Lipinski definition) is 3. The van der Waals surface area contributed by atoms with E-state index in [0.29, 0.717) is 36.8 Å². The van der Waals surface area contributed by atoms with Gasteiger partial charge in [-0.15, -0.1) is 0 Å². The molecule has 1 N–H and O–H groups in total. The summed E-state index contributed by atoms with van der Waals surface area (Å²) in [5, 5.41) is 2.88. The minimum absolute atomic E-state index is 0.129. The van der Waals surface area contributed by atoms with Gasteiger partial charge in [-0.3, -0.25) is 4.79 Å². The molecule has 0 heterocycles. The standard InChI is InChI=1S/C18H21NO3/c1-3-21-10-11-22-17-9-5-8-16(13-17)19-18(20)15-7-4-6-14(2)12-15/h4-9,12-13H,3,10-11H2,1-2H3,(H,19,20). The van der Waals surface area contributed by atoms with Crippen molar-refractivity contribution in [2.24, 2.45) is 0 Å². The number of hydrogen-bond donors (Lipinski definition) is 1. The van der Waals surface area contributed by atoms with Gasteiger partial charge in [0.05, 0.1) is 6.61 Å². The lowest BCUT2D eigenvalue weighted by molar-refractivity contribution is 0.102. The fraction of sp³-hybridized carbons (Fsp3) is 0.278. The summed E-state index contributed by atoms with van der Waals surface area (Å²) in [5.41, 5.74) is 2.41. The van der Waals surface area contributed by atoms with Crippen LogP contribution in [0.2, 0.25) is 0 Å². The number of amides is 1. The summed E-state index contributed by atoms with van der Waals surface area (Å²) in [4.78, 5) is 12.2. The molecule has 0 radical (unpaired) electrons. The topological polar surface area (TPSA) is 47.6 Å². The normalized spacial score (nSPS) is 10.3. The first kappa shape index (κ1) is 16.0. The second-order valence-corrected chi connectivity index (χ2v) is 4.90. The Morgan fingerprint density at radius 1 is 1.09 bits per heavy atom. The molecule has 2 aromatic carbocycles. The molecule has 0 aliphatic heterocycles. The van der Waals surface area contributed by atoms with Crippen LogP contribution in [-0.2, 0) is 4.74 Å². The van der Waals surface area contributed by atoms with E-state index in [0.717, 1.165) is 5.56 Å². The van der Waals surface area contributed by atoms with Crippen LogP contribution >= 0.6 is 0 Å². The molecule has 0 saturated carbocycles. The van der Waals surface area contributed by atoms with Gasteiger partial charge in [0.15, 0.2) is 0 Å². The van der Waals surface area contributed by atoms with E-state index >= 15 is 0 Å². The summed E-state index contributed by atoms with van der Waals surface area (Å²) in [6.45, 7) is 5.63. The smallest absolute Gasteiger partial charge is 0.255 e. The van der Waals surface area contributed by atoms with Crippen molar-refractivity contribution in [3.8, 4) is 5.75 Å². The average molecular weight is 299 g/mol. The average Bonchev–Trinajstić information content (AvgIpc) is 2.52. The fourth-order valence-electron chi connectivity index (χ4n) is 2.02. The number of benzene rings is 2. The third-order valence-electron chi connectivity index (χ3n) is 3.07. The molecule has 0 aliphatic carbocycles. The molecule has 0 aromatic heterocycles. The summed E-state index contributed by atoms with van der Waals surface area (Å²) in [6.07, 6.45) is 0. The highest BCUT2D eigenvalue weighted by atomic mass is 16.5. The highest BCUT2D eigenvalue weighted by Gasteiger charge is 2.06. The lowest BCUT2D eigenvalue weighted by Crippen LogP contribution is -2.12. The van der Waals surface area contributed by atoms with E-state index in [2.05, 4.69) is 5.32 Å². The first-order chi connectivity index (χ1) is 10.7. The highest BCUT2D eigenvalue weighted by molar-refractivity contribution is 6.04. The van der Waals surface area contributed by atoms with Gasteiger partial charge >= 0.3 is 0 Å². The molecule has 22 heavy (non-hydrogen) atoms. The van der Waals surface area contributed by atoms with Gasteiger partial charge in [-0.05, 0) is 38.1 Å². The van der Waals surface area contributed by atoms with E-state index < -0.39 is 0 Å². The zero-order chi connectivity index (χ0) is 15.8. The molecule has 0 saturated heterocycles. The summed E-state index contributed by atoms with van der Waals surface area (Å²) < 4.78 is 10.8. The maximum atomic E-state index is 12.2. The number of carbonyl (C=O) groups excluding carboxylic acids is 1. The number of rotatable bonds is 7. The maximum absolute atomic E-state index is 12.2. The molecule has 2 rings (SSSR count). The van der Waals surface area contributed by atoms with E-state index in [4.69, 9.17) is 9.47 Å². The monoisotopic (exact) mass is 299 g/mol. The van der Waals surface area contributed by atoms with Gasteiger partial charge in [0.25, 0.3) is 5.91 Å². The van der Waals surface area contributed by atoms with E-state index in [1.54, 1.807) is 12.1 Å². The number of anilines is 1. The van der Waals surface area contributed by atoms with Crippen molar-refractivity contribution < 1.29 is 14.3 Å². The maximum Gasteiger partial charge on any atom is 0.255 e. The lowest BCUT2D eigenvalue weighted by atomic mass is 10.1. The lowest BCUT2D eigenvalue weighted by Gasteiger charge is -2.09. The Hall–Kier alpha value is -2.33. The molecule has 0 atom stereocenters. The molecule has 1 amide bonds. The van der Waals surface area contributed by atoms with E-state index in [-0.39, 0.29) is 5.91 Å². The zero-order valence-electron chi connectivity index (χ0n) is 13.0. The first-order valence-corrected chi connectivity index (χ1v) is 7.37. The molecular weight excluding hydrogens is 278 g/mol. The summed E-state index contributed by atoms with van der Waals surface area (Å²) >= 11 is 0. The molecular formula is C18H21NO3. The largest absolute Gasteiger partial charge is 0.491 e. The van der Waals surface area contributed by atoms with Crippen LogP contribution in [0, 0.1) is 6.92 Å². The fourth-order valence-corrected chi connectivity index (χ4v) is 2.02. The summed E-state index contributed by atoms with van der Waals surface area (Å²) in [7, 11) is 0. The van der Waals surface area contributed by atoms with Gasteiger partial charge in [-0.2, -0.15) is 0 Å². The first-order valence-electron chi connectivity index (χ1n) is 7.37. The van der Waals surface area contributed by atoms with Crippen LogP contribution in [-0.4, -0.2) is 25.7 Å². The van der Waals surface area contributed by atoms with Crippen LogP contribution in [0.4, 0.5) is 5.69 Å². The van der Waals surface area contributed by atoms with Gasteiger partial charge in [0, 0.05) is 23.9 Å². The van der Waals surface area contributed by atoms with E-state index in [1.807, 2.05) is 50.2 Å². The van der Waals surface area contributed by atoms with Crippen molar-refractivity contribution in [2.45, 2.75) is 13.8 Å². The van der Waals surface area contributed by atoms with Crippen molar-refractivity contribution in [2.75, 3.05) is 25.1 Å². The highest BCUT2D eigenvalue weighted by Crippen LogP contribution is 2.18. The van der Waals surface area contributed by atoms with Crippen LogP contribution in [0.25, 0.3) is 0 Å². The predicted molar refractivity (Wildman–Crippen MR) is 87.6 cm³/mol. The molecule has 0 fully saturated rings. The number of aryl methyl sites for hydroxylation is 1. The van der Waals surface area contributed by atoms with Gasteiger partial charge in [-0.1, -0.05) is 23.8 Å². The molecule has 2 aromatic rings. The van der Waals surface area contributed by atoms with Crippen molar-refractivity contribution in [1.82, 2.24) is 0 Å². The van der Waals surface area contributed by atoms with Gasteiger partial charge in [0.1, 0.15) is 12.4 Å². The quantitative estimate of drug-likeness (QED) is 0.794. The molecule has 4 nitrogen and oxygen atoms in total. The van der Waals surface area contributed by atoms with Crippen LogP contribution in [0.5, 0.6) is 5.75 Å². The van der Waals surface area contributed by atoms with Gasteiger partial charge in [-0.25, -0.2) is 0 Å². The number of carbonyl (C=O) groups is 1. The molecule has 4 heteroatoms. The van der Waals surface area contributed by atoms with Crippen molar-refractivity contribution in [3.63, 3.8) is 0 Å². The third kappa shape index (κ3) is 4.90. The minimum Gasteiger partial charge on any atom is -0.491 e. The van der Waals surface area contributed by atoms with E-state index in [9.17, 15) is 4.79 Å². The van der Waals surface area contributed by atoms with Crippen molar-refractivity contribution in [1.29, 1.82) is 0 Å². The Labute approximate surface area is 131 Å². The van der Waals surface area contributed by atoms with Crippen molar-refractivity contribution in [3.05, 3.63) is 59.7 Å². The number of ether oxygens (including phenoxy) is 2. The third-order valence-corrected chi connectivity index (χ3v) is 3.07. The van der Waals surface area contributed by atoms with Gasteiger partial charge in [0.2, 0.25) is 0 Å². The molecule has 0 bridgehead atoms. The molecule has 0 aliphatic rings. The Balaban J connectivity index is 1.96. The number of nitrogens with one attached hydrogen (secondary N) is 1. The van der Waals surface area contributed by atoms with Crippen LogP contribution < -0.4 is 10.1 Å². The summed E-state index contributed by atoms with van der Waals surface area (Å²) in [5.74, 6) is 0.580. The minimum atomic E-state index is -0.129. The predicted octanol–water partition coefficient (Wildman–Crippen LogP) is 3.66. The van der Waals surface area contributed by atoms with Crippen LogP contribution in [0.1, 0.15) is 22.8 Å². The molecule has 0 unspecified atom stereocenters. The second kappa shape index (κ2) is 8.20. The zero-order valence-corrected chi connectivity index (χ0v) is 13.0. The van der Waals surface area contributed by atoms with Crippen LogP contribution in [0.15, 0.2) is 48.5 Å². The SMILES string of the molecule is CCOCCOc1cccc(NC(=O)c2cccc(C)c2)c1. The molecule has 0 spiro atoms. The Bertz CT molecular complexity index is 625. The Morgan fingerprint density at radius 3 is 2.68 bits per heavy atom. The second-order valence-electron chi connectivity index (χ2n) is 4.90. The van der Waals surface area contributed by atoms with Gasteiger partial charge < -0.3 is 14.8 Å². The Kier molecular flexibility index (Phi) is 5.98. The summed E-state index contributed by atoms with van der Waals surface area (Å²) in [6, 6.07) is 14.8. The molecule has 116 valence electrons. The van der Waals surface area contributed by atoms with Crippen molar-refractivity contribution >= 4 is 11.6 Å².